The van der Waals surface area contributed by atoms with E-state index in [9.17, 15) is 9.59 Å². The molecule has 8 nitrogen and oxygen atoms in total. The number of carbonyl (C=O) groups excluding carboxylic acids is 2. The van der Waals surface area contributed by atoms with E-state index in [1.54, 1.807) is 30.3 Å². The average molecular weight is 342 g/mol. The summed E-state index contributed by atoms with van der Waals surface area (Å²) in [5.41, 5.74) is 2.23. The Bertz CT molecular complexity index is 800. The number of hydrogen-bond acceptors (Lipinski definition) is 5. The van der Waals surface area contributed by atoms with Crippen LogP contribution in [0.3, 0.4) is 0 Å². The van der Waals surface area contributed by atoms with Crippen LogP contribution in [0.2, 0.25) is 0 Å². The third-order valence-corrected chi connectivity index (χ3v) is 4.33. The number of hydrogen-bond donors (Lipinski definition) is 1. The minimum absolute atomic E-state index is 0.0441. The molecule has 1 fully saturated rings. The lowest BCUT2D eigenvalue weighted by Gasteiger charge is -2.25. The van der Waals surface area contributed by atoms with Crippen molar-refractivity contribution in [2.24, 2.45) is 7.05 Å². The predicted octanol–water partition coefficient (Wildman–Crippen LogP) is 1.13. The fourth-order valence-corrected chi connectivity index (χ4v) is 3.15. The Labute approximate surface area is 146 Å². The van der Waals surface area contributed by atoms with Gasteiger partial charge in [0.15, 0.2) is 0 Å². The zero-order chi connectivity index (χ0) is 18.0. The summed E-state index contributed by atoms with van der Waals surface area (Å²) < 4.78 is 1.62. The van der Waals surface area contributed by atoms with Crippen LogP contribution in [0.15, 0.2) is 18.6 Å². The van der Waals surface area contributed by atoms with Crippen LogP contribution < -0.4 is 5.32 Å². The summed E-state index contributed by atoms with van der Waals surface area (Å²) in [6.45, 7) is 4.34. The zero-order valence-corrected chi connectivity index (χ0v) is 14.7. The highest BCUT2D eigenvalue weighted by Crippen LogP contribution is 2.33. The highest BCUT2D eigenvalue weighted by atomic mass is 16.2. The summed E-state index contributed by atoms with van der Waals surface area (Å²) in [7, 11) is 1.79. The van der Waals surface area contributed by atoms with E-state index in [2.05, 4.69) is 20.4 Å². The summed E-state index contributed by atoms with van der Waals surface area (Å²) in [5, 5.41) is 6.87. The van der Waals surface area contributed by atoms with E-state index < -0.39 is 0 Å². The molecule has 0 saturated carbocycles. The molecule has 132 valence electrons. The fourth-order valence-electron chi connectivity index (χ4n) is 3.15. The Morgan fingerprint density at radius 2 is 2.16 bits per heavy atom. The van der Waals surface area contributed by atoms with Crippen molar-refractivity contribution in [3.8, 4) is 0 Å². The van der Waals surface area contributed by atoms with Crippen molar-refractivity contribution in [3.63, 3.8) is 0 Å². The fraction of sp³-hybridized carbons (Fsp3) is 0.471. The molecule has 0 unspecified atom stereocenters. The zero-order valence-electron chi connectivity index (χ0n) is 14.7. The topological polar surface area (TPSA) is 93.0 Å². The van der Waals surface area contributed by atoms with Crippen LogP contribution in [-0.4, -0.2) is 43.0 Å². The van der Waals surface area contributed by atoms with Gasteiger partial charge in [-0.3, -0.25) is 14.3 Å². The van der Waals surface area contributed by atoms with E-state index in [1.807, 2.05) is 11.8 Å². The van der Waals surface area contributed by atoms with Crippen LogP contribution in [0.1, 0.15) is 53.2 Å². The monoisotopic (exact) mass is 342 g/mol. The number of aromatic nitrogens is 4. The summed E-state index contributed by atoms with van der Waals surface area (Å²) in [6.07, 6.45) is 6.80. The molecule has 1 aliphatic rings. The molecule has 0 aliphatic carbocycles. The van der Waals surface area contributed by atoms with Crippen LogP contribution >= 0.6 is 0 Å². The summed E-state index contributed by atoms with van der Waals surface area (Å²) in [4.78, 5) is 34.8. The summed E-state index contributed by atoms with van der Waals surface area (Å²) >= 11 is 0. The van der Waals surface area contributed by atoms with Gasteiger partial charge < -0.3 is 10.2 Å². The van der Waals surface area contributed by atoms with Crippen molar-refractivity contribution in [3.05, 3.63) is 41.2 Å². The van der Waals surface area contributed by atoms with Gasteiger partial charge in [-0.15, -0.1) is 0 Å². The molecule has 1 atom stereocenters. The second kappa shape index (κ2) is 7.00. The van der Waals surface area contributed by atoms with Gasteiger partial charge in [0, 0.05) is 45.0 Å². The number of likely N-dealkylation sites (tertiary alicyclic amines) is 1. The van der Waals surface area contributed by atoms with E-state index in [1.165, 1.54) is 6.92 Å². The lowest BCUT2D eigenvalue weighted by molar-refractivity contribution is -0.119. The molecule has 2 amide bonds. The van der Waals surface area contributed by atoms with Crippen LogP contribution in [0.4, 0.5) is 0 Å². The largest absolute Gasteiger partial charge is 0.352 e. The lowest BCUT2D eigenvalue weighted by atomic mass is 10.1. The molecule has 3 heterocycles. The number of aryl methyl sites for hydroxylation is 2. The third kappa shape index (κ3) is 3.67. The maximum atomic E-state index is 12.9. The highest BCUT2D eigenvalue weighted by molar-refractivity contribution is 5.94. The predicted molar refractivity (Wildman–Crippen MR) is 90.5 cm³/mol. The first kappa shape index (κ1) is 17.1. The van der Waals surface area contributed by atoms with Gasteiger partial charge in [0.05, 0.1) is 23.5 Å². The molecule has 1 aliphatic heterocycles. The normalized spacial score (nSPS) is 16.9. The number of amides is 2. The molecule has 2 aromatic rings. The van der Waals surface area contributed by atoms with Crippen molar-refractivity contribution in [2.75, 3.05) is 6.54 Å². The van der Waals surface area contributed by atoms with Gasteiger partial charge >= 0.3 is 0 Å². The molecule has 1 N–H and O–H groups in total. The minimum atomic E-state index is -0.113. The number of nitrogens with zero attached hydrogens (tertiary/aromatic N) is 5. The summed E-state index contributed by atoms with van der Waals surface area (Å²) in [5.74, 6) is 0.501. The molecule has 1 saturated heterocycles. The molecule has 25 heavy (non-hydrogen) atoms. The van der Waals surface area contributed by atoms with Crippen LogP contribution in [0.5, 0.6) is 0 Å². The number of carbonyl (C=O) groups is 2. The van der Waals surface area contributed by atoms with Crippen molar-refractivity contribution in [1.82, 2.24) is 30.0 Å². The Hall–Kier alpha value is -2.77. The standard InChI is InChI=1S/C17H22N6O2/c1-11-18-7-13(8-19-12(2)24)16(21-11)15-5-4-6-23(15)17(25)14-9-20-22(3)10-14/h7,9-10,15H,4-6,8H2,1-3H3,(H,19,24)/t15-/m0/s1. The van der Waals surface area contributed by atoms with Crippen LogP contribution in [0, 0.1) is 6.92 Å². The molecule has 2 aromatic heterocycles. The molecular weight excluding hydrogens is 320 g/mol. The maximum absolute atomic E-state index is 12.9. The Morgan fingerprint density at radius 1 is 1.36 bits per heavy atom. The SMILES string of the molecule is CC(=O)NCc1cnc(C)nc1[C@@H]1CCCN1C(=O)c1cnn(C)c1. The molecular formula is C17H22N6O2. The minimum Gasteiger partial charge on any atom is -0.352 e. The van der Waals surface area contributed by atoms with Crippen molar-refractivity contribution < 1.29 is 9.59 Å². The first-order valence-corrected chi connectivity index (χ1v) is 8.32. The van der Waals surface area contributed by atoms with Crippen molar-refractivity contribution in [2.45, 2.75) is 39.3 Å². The van der Waals surface area contributed by atoms with Gasteiger partial charge in [-0.1, -0.05) is 0 Å². The smallest absolute Gasteiger partial charge is 0.257 e. The number of nitrogens with one attached hydrogen (secondary N) is 1. The first-order chi connectivity index (χ1) is 12.0. The summed E-state index contributed by atoms with van der Waals surface area (Å²) in [6, 6.07) is -0.113. The van der Waals surface area contributed by atoms with Gasteiger partial charge in [0.1, 0.15) is 5.82 Å². The third-order valence-electron chi connectivity index (χ3n) is 4.33. The molecule has 0 spiro atoms. The van der Waals surface area contributed by atoms with Gasteiger partial charge in [-0.25, -0.2) is 9.97 Å². The van der Waals surface area contributed by atoms with Gasteiger partial charge in [0.2, 0.25) is 5.91 Å². The second-order valence-corrected chi connectivity index (χ2v) is 6.30. The van der Waals surface area contributed by atoms with Gasteiger partial charge in [-0.05, 0) is 19.8 Å². The van der Waals surface area contributed by atoms with E-state index in [0.717, 1.165) is 24.1 Å². The van der Waals surface area contributed by atoms with E-state index in [0.29, 0.717) is 24.5 Å². The Balaban J connectivity index is 1.90. The Kier molecular flexibility index (Phi) is 4.78. The molecule has 8 heteroatoms. The van der Waals surface area contributed by atoms with Gasteiger partial charge in [-0.2, -0.15) is 5.10 Å². The molecule has 0 aromatic carbocycles. The van der Waals surface area contributed by atoms with E-state index in [-0.39, 0.29) is 17.9 Å². The van der Waals surface area contributed by atoms with E-state index in [4.69, 9.17) is 0 Å². The molecule has 0 bridgehead atoms. The van der Waals surface area contributed by atoms with Crippen molar-refractivity contribution in [1.29, 1.82) is 0 Å². The Morgan fingerprint density at radius 3 is 2.84 bits per heavy atom. The average Bonchev–Trinajstić information content (AvgIpc) is 3.21. The highest BCUT2D eigenvalue weighted by Gasteiger charge is 2.33. The second-order valence-electron chi connectivity index (χ2n) is 6.30. The quantitative estimate of drug-likeness (QED) is 0.899. The first-order valence-electron chi connectivity index (χ1n) is 8.32. The van der Waals surface area contributed by atoms with Crippen molar-refractivity contribution >= 4 is 11.8 Å². The lowest BCUT2D eigenvalue weighted by Crippen LogP contribution is -2.32. The molecule has 0 radical (unpaired) electrons. The van der Waals surface area contributed by atoms with Gasteiger partial charge in [0.25, 0.3) is 5.91 Å². The van der Waals surface area contributed by atoms with E-state index >= 15 is 0 Å². The van der Waals surface area contributed by atoms with Crippen LogP contribution in [-0.2, 0) is 18.4 Å². The number of rotatable bonds is 4. The van der Waals surface area contributed by atoms with Crippen LogP contribution in [0.25, 0.3) is 0 Å². The molecule has 3 rings (SSSR count). The maximum Gasteiger partial charge on any atom is 0.257 e.